The molecule has 0 heterocycles. The molecule has 3 heteroatoms. The molecule has 0 spiro atoms. The lowest BCUT2D eigenvalue weighted by Gasteiger charge is -2.28. The predicted octanol–water partition coefficient (Wildman–Crippen LogP) is 0.546. The fourth-order valence-electron chi connectivity index (χ4n) is 3.23. The number of benzene rings is 3. The maximum Gasteiger partial charge on any atom is 0.113 e. The van der Waals surface area contributed by atoms with E-state index in [1.165, 1.54) is 15.9 Å². The van der Waals surface area contributed by atoms with Gasteiger partial charge in [-0.1, -0.05) is 54.6 Å². The van der Waals surface area contributed by atoms with E-state index in [-0.39, 0.29) is 12.4 Å². The van der Waals surface area contributed by atoms with Crippen LogP contribution in [-0.2, 0) is 0 Å². The molecule has 0 radical (unpaired) electrons. The van der Waals surface area contributed by atoms with Crippen LogP contribution in [0.3, 0.4) is 0 Å². The molecule has 3 aromatic carbocycles. The molecule has 0 aromatic heterocycles. The minimum Gasteiger partial charge on any atom is -1.00 e. The predicted molar refractivity (Wildman–Crippen MR) is 109 cm³/mol. The summed E-state index contributed by atoms with van der Waals surface area (Å²) < 4.78 is 0. The molecule has 0 saturated heterocycles. The quantitative estimate of drug-likeness (QED) is 0.573. The van der Waals surface area contributed by atoms with E-state index in [0.29, 0.717) is 0 Å². The zero-order valence-corrected chi connectivity index (χ0v) is 16.5. The monoisotopic (exact) mass is 369 g/mol. The minimum absolute atomic E-state index is 0. The van der Waals surface area contributed by atoms with Gasteiger partial charge in [-0.25, -0.2) is 0 Å². The molecule has 0 aliphatic heterocycles. The fourth-order valence-corrected chi connectivity index (χ4v) is 7.64. The highest BCUT2D eigenvalue weighted by Crippen LogP contribution is 2.54. The summed E-state index contributed by atoms with van der Waals surface area (Å²) in [6.45, 7) is 1.08. The van der Waals surface area contributed by atoms with Crippen molar-refractivity contribution in [2.75, 3.05) is 26.8 Å². The highest BCUT2D eigenvalue weighted by molar-refractivity contribution is 7.95. The van der Waals surface area contributed by atoms with E-state index in [2.05, 4.69) is 110 Å². The van der Waals surface area contributed by atoms with Crippen molar-refractivity contribution < 1.29 is 12.4 Å². The first-order valence-electron chi connectivity index (χ1n) is 8.43. The molecular weight excluding hydrogens is 345 g/mol. The summed E-state index contributed by atoms with van der Waals surface area (Å²) in [4.78, 5) is 2.30. The Labute approximate surface area is 158 Å². The van der Waals surface area contributed by atoms with Crippen LogP contribution in [0.25, 0.3) is 0 Å². The molecule has 3 rings (SSSR count). The van der Waals surface area contributed by atoms with Gasteiger partial charge in [0, 0.05) is 6.54 Å². The summed E-state index contributed by atoms with van der Waals surface area (Å²) in [5.74, 6) is 0. The number of hydrogen-bond acceptors (Lipinski definition) is 1. The minimum atomic E-state index is -1.65. The highest BCUT2D eigenvalue weighted by atomic mass is 35.5. The van der Waals surface area contributed by atoms with E-state index in [1.807, 2.05) is 0 Å². The molecule has 0 unspecified atom stereocenters. The van der Waals surface area contributed by atoms with Crippen LogP contribution in [0.15, 0.2) is 91.0 Å². The van der Waals surface area contributed by atoms with Gasteiger partial charge in [-0.2, -0.15) is 0 Å². The van der Waals surface area contributed by atoms with Crippen molar-refractivity contribution in [3.63, 3.8) is 0 Å². The fraction of sp³-hybridized carbons (Fsp3) is 0.182. The zero-order valence-electron chi connectivity index (χ0n) is 14.8. The number of hydrogen-bond donors (Lipinski definition) is 0. The van der Waals surface area contributed by atoms with E-state index >= 15 is 0 Å². The van der Waals surface area contributed by atoms with Gasteiger partial charge < -0.3 is 17.3 Å². The lowest BCUT2D eigenvalue weighted by atomic mass is 10.4. The Morgan fingerprint density at radius 1 is 0.600 bits per heavy atom. The van der Waals surface area contributed by atoms with Crippen LogP contribution >= 0.6 is 7.26 Å². The Morgan fingerprint density at radius 2 is 0.920 bits per heavy atom. The van der Waals surface area contributed by atoms with Crippen LogP contribution in [0.5, 0.6) is 0 Å². The van der Waals surface area contributed by atoms with Crippen LogP contribution in [-0.4, -0.2) is 31.7 Å². The largest absolute Gasteiger partial charge is 1.00 e. The zero-order chi connectivity index (χ0) is 16.8. The van der Waals surface area contributed by atoms with Gasteiger partial charge in [0.15, 0.2) is 0 Å². The van der Waals surface area contributed by atoms with Gasteiger partial charge in [-0.05, 0) is 50.5 Å². The Bertz CT molecular complexity index is 648. The van der Waals surface area contributed by atoms with Crippen molar-refractivity contribution in [2.24, 2.45) is 0 Å². The smallest absolute Gasteiger partial charge is 0.113 e. The Hall–Kier alpha value is -1.66. The van der Waals surface area contributed by atoms with Crippen molar-refractivity contribution in [1.82, 2.24) is 4.90 Å². The summed E-state index contributed by atoms with van der Waals surface area (Å²) in [7, 11) is 2.68. The van der Waals surface area contributed by atoms with E-state index in [1.54, 1.807) is 0 Å². The number of nitrogens with zero attached hydrogens (tertiary/aromatic N) is 1. The molecule has 0 amide bonds. The van der Waals surface area contributed by atoms with Crippen LogP contribution in [0, 0.1) is 0 Å². The second kappa shape index (κ2) is 9.15. The van der Waals surface area contributed by atoms with Crippen LogP contribution in [0.2, 0.25) is 0 Å². The van der Waals surface area contributed by atoms with E-state index < -0.39 is 7.26 Å². The molecule has 0 fully saturated rings. The molecule has 0 bridgehead atoms. The molecule has 1 nitrogen and oxygen atoms in total. The normalized spacial score (nSPS) is 11.2. The molecule has 0 saturated carbocycles. The Morgan fingerprint density at radius 3 is 1.20 bits per heavy atom. The molecule has 25 heavy (non-hydrogen) atoms. The van der Waals surface area contributed by atoms with Crippen LogP contribution < -0.4 is 28.3 Å². The summed E-state index contributed by atoms with van der Waals surface area (Å²) in [6, 6.07) is 33.2. The van der Waals surface area contributed by atoms with Crippen molar-refractivity contribution in [2.45, 2.75) is 0 Å². The molecule has 0 aliphatic rings. The van der Waals surface area contributed by atoms with Gasteiger partial charge in [0.25, 0.3) is 0 Å². The van der Waals surface area contributed by atoms with Gasteiger partial charge in [0.05, 0.1) is 6.16 Å². The maximum absolute atomic E-state index is 2.31. The van der Waals surface area contributed by atoms with Crippen molar-refractivity contribution in [1.29, 1.82) is 0 Å². The Kier molecular flexibility index (Phi) is 7.20. The van der Waals surface area contributed by atoms with E-state index in [4.69, 9.17) is 0 Å². The molecule has 0 aliphatic carbocycles. The maximum atomic E-state index is 2.31. The van der Waals surface area contributed by atoms with Gasteiger partial charge >= 0.3 is 0 Å². The highest BCUT2D eigenvalue weighted by Gasteiger charge is 2.44. The average Bonchev–Trinajstić information content (AvgIpc) is 2.65. The molecular formula is C22H25ClNP. The van der Waals surface area contributed by atoms with E-state index in [9.17, 15) is 0 Å². The number of halogens is 1. The molecule has 0 atom stereocenters. The first-order chi connectivity index (χ1) is 11.7. The third kappa shape index (κ3) is 4.30. The van der Waals surface area contributed by atoms with E-state index in [0.717, 1.165) is 12.7 Å². The Balaban J connectivity index is 0.00000225. The topological polar surface area (TPSA) is 3.24 Å². The van der Waals surface area contributed by atoms with Gasteiger partial charge in [0.2, 0.25) is 0 Å². The average molecular weight is 370 g/mol. The summed E-state index contributed by atoms with van der Waals surface area (Å²) >= 11 is 0. The summed E-state index contributed by atoms with van der Waals surface area (Å²) in [5, 5.41) is 4.39. The second-order valence-corrected chi connectivity index (χ2v) is 9.96. The molecule has 130 valence electrons. The lowest BCUT2D eigenvalue weighted by Crippen LogP contribution is -3.00. The van der Waals surface area contributed by atoms with Gasteiger partial charge in [-0.15, -0.1) is 0 Å². The summed E-state index contributed by atoms with van der Waals surface area (Å²) in [5.41, 5.74) is 0. The lowest BCUT2D eigenvalue weighted by molar-refractivity contribution is -0.00000479. The van der Waals surface area contributed by atoms with Crippen LogP contribution in [0.4, 0.5) is 0 Å². The third-order valence-electron chi connectivity index (χ3n) is 4.47. The molecule has 0 N–H and O–H groups in total. The second-order valence-electron chi connectivity index (χ2n) is 6.34. The SMILES string of the molecule is CN(C)CC[P+](c1ccccc1)(c1ccccc1)c1ccccc1.[Cl-]. The first-order valence-corrected chi connectivity index (χ1v) is 10.4. The van der Waals surface area contributed by atoms with Crippen molar-refractivity contribution in [3.05, 3.63) is 91.0 Å². The third-order valence-corrected chi connectivity index (χ3v) is 8.88. The molecule has 3 aromatic rings. The summed E-state index contributed by atoms with van der Waals surface area (Å²) in [6.07, 6.45) is 1.15. The first kappa shape index (κ1) is 19.7. The van der Waals surface area contributed by atoms with Crippen LogP contribution in [0.1, 0.15) is 0 Å². The van der Waals surface area contributed by atoms with Crippen molar-refractivity contribution >= 4 is 23.2 Å². The van der Waals surface area contributed by atoms with Gasteiger partial charge in [-0.3, -0.25) is 0 Å². The van der Waals surface area contributed by atoms with Crippen molar-refractivity contribution in [3.8, 4) is 0 Å². The standard InChI is InChI=1S/C22H25NP.ClH/c1-23(2)18-19-24(20-12-6-3-7-13-20,21-14-8-4-9-15-21)22-16-10-5-11-17-22;/h3-17H,18-19H2,1-2H3;1H/q+1;/p-1. The van der Waals surface area contributed by atoms with Gasteiger partial charge in [0.1, 0.15) is 23.2 Å². The number of rotatable bonds is 6.